The van der Waals surface area contributed by atoms with Gasteiger partial charge in [-0.3, -0.25) is 9.69 Å². The van der Waals surface area contributed by atoms with E-state index in [2.05, 4.69) is 74.1 Å². The highest BCUT2D eigenvalue weighted by Crippen LogP contribution is 2.51. The minimum atomic E-state index is -0.870. The minimum absolute atomic E-state index is 0.0537. The molecular weight excluding hydrogens is 508 g/mol. The van der Waals surface area contributed by atoms with Crippen LogP contribution in [-0.4, -0.2) is 68.8 Å². The molecule has 0 bridgehead atoms. The molecule has 242 valence electrons. The highest BCUT2D eigenvalue weighted by Gasteiger charge is 2.60. The number of aliphatic hydroxyl groups excluding tert-OH is 1. The summed E-state index contributed by atoms with van der Waals surface area (Å²) in [5.41, 5.74) is -1.15. The van der Waals surface area contributed by atoms with Crippen LogP contribution in [0.4, 0.5) is 0 Å². The Morgan fingerprint density at radius 1 is 0.780 bits per heavy atom. The van der Waals surface area contributed by atoms with Gasteiger partial charge in [0.25, 0.3) is 5.91 Å². The molecule has 2 heterocycles. The Hall–Kier alpha value is -0.650. The summed E-state index contributed by atoms with van der Waals surface area (Å²) >= 11 is 0. The van der Waals surface area contributed by atoms with Crippen molar-refractivity contribution in [3.8, 4) is 0 Å². The molecule has 5 heteroatoms. The minimum Gasteiger partial charge on any atom is -0.391 e. The molecule has 0 aromatic heterocycles. The van der Waals surface area contributed by atoms with Crippen molar-refractivity contribution in [3.63, 3.8) is 0 Å². The average Bonchev–Trinajstić information content (AvgIpc) is 2.90. The highest BCUT2D eigenvalue weighted by atomic mass is 16.5. The van der Waals surface area contributed by atoms with Gasteiger partial charge < -0.3 is 14.7 Å². The molecule has 0 aromatic carbocycles. The third kappa shape index (κ3) is 9.42. The lowest BCUT2D eigenvalue weighted by Gasteiger charge is -2.64. The Labute approximate surface area is 255 Å². The first-order valence-electron chi connectivity index (χ1n) is 17.6. The van der Waals surface area contributed by atoms with E-state index in [9.17, 15) is 9.90 Å². The van der Waals surface area contributed by atoms with Gasteiger partial charge in [0.2, 0.25) is 0 Å². The van der Waals surface area contributed by atoms with Gasteiger partial charge in [-0.05, 0) is 72.1 Å². The van der Waals surface area contributed by atoms with Crippen LogP contribution in [-0.2, 0) is 9.53 Å². The molecule has 0 radical (unpaired) electrons. The molecule has 2 rings (SSSR count). The smallest absolute Gasteiger partial charge is 0.255 e. The van der Waals surface area contributed by atoms with Gasteiger partial charge in [-0.1, -0.05) is 92.4 Å². The van der Waals surface area contributed by atoms with Gasteiger partial charge in [0.15, 0.2) is 0 Å². The lowest BCUT2D eigenvalue weighted by atomic mass is 9.66. The molecule has 5 nitrogen and oxygen atoms in total. The van der Waals surface area contributed by atoms with E-state index in [0.29, 0.717) is 32.5 Å². The Morgan fingerprint density at radius 2 is 1.24 bits per heavy atom. The number of aliphatic hydroxyl groups is 1. The number of nitrogens with zero attached hydrogens (tertiary/aromatic N) is 2. The fourth-order valence-electron chi connectivity index (χ4n) is 8.68. The van der Waals surface area contributed by atoms with Crippen LogP contribution in [0.1, 0.15) is 172 Å². The molecule has 41 heavy (non-hydrogen) atoms. The number of carbonyl (C=O) groups excluding carboxylic acids is 1. The molecule has 1 unspecified atom stereocenters. The molecule has 0 aliphatic carbocycles. The molecule has 2 aliphatic rings. The topological polar surface area (TPSA) is 53.0 Å². The SMILES string of the molecule is CCC(C)(CC)CC(O)CN1CCCCCCCCCCCOC2(CC(C)(C)N(C(C)(CC)CC)C(C)(C)C2)C1=O. The Bertz CT molecular complexity index is 766. The second-order valence-corrected chi connectivity index (χ2v) is 15.7. The van der Waals surface area contributed by atoms with E-state index in [1.54, 1.807) is 0 Å². The Morgan fingerprint density at radius 3 is 1.71 bits per heavy atom. The average molecular weight is 579 g/mol. The number of rotatable bonds is 9. The highest BCUT2D eigenvalue weighted by molar-refractivity contribution is 5.86. The zero-order chi connectivity index (χ0) is 31.0. The molecule has 1 N–H and O–H groups in total. The predicted octanol–water partition coefficient (Wildman–Crippen LogP) is 8.90. The fourth-order valence-corrected chi connectivity index (χ4v) is 8.68. The summed E-state index contributed by atoms with van der Waals surface area (Å²) in [7, 11) is 0. The van der Waals surface area contributed by atoms with E-state index in [-0.39, 0.29) is 27.9 Å². The first-order valence-corrected chi connectivity index (χ1v) is 17.6. The zero-order valence-corrected chi connectivity index (χ0v) is 29.2. The standard InChI is InChI=1S/C36H70N2O3/c1-11-34(9,12-2)26-30(39)27-37-24-22-20-18-16-15-17-19-21-23-25-41-36(31(37)40)28-32(5,6)38(33(7,8)29-36)35(10,13-3)14-4/h30,39H,11-29H2,1-10H3. The lowest BCUT2D eigenvalue weighted by Crippen LogP contribution is -2.74. The third-order valence-corrected chi connectivity index (χ3v) is 11.2. The van der Waals surface area contributed by atoms with Crippen LogP contribution in [0.15, 0.2) is 0 Å². The molecule has 2 fully saturated rings. The van der Waals surface area contributed by atoms with E-state index < -0.39 is 11.7 Å². The summed E-state index contributed by atoms with van der Waals surface area (Å²) in [6.45, 7) is 24.8. The molecule has 1 amide bonds. The number of carbonyl (C=O) groups is 1. The molecule has 2 aliphatic heterocycles. The molecule has 1 spiro atoms. The van der Waals surface area contributed by atoms with Gasteiger partial charge in [-0.2, -0.15) is 0 Å². The van der Waals surface area contributed by atoms with E-state index in [1.165, 1.54) is 38.5 Å². The number of amides is 1. The maximum absolute atomic E-state index is 14.9. The van der Waals surface area contributed by atoms with Gasteiger partial charge in [0, 0.05) is 49.2 Å². The van der Waals surface area contributed by atoms with Gasteiger partial charge in [0.1, 0.15) is 5.60 Å². The van der Waals surface area contributed by atoms with Crippen molar-refractivity contribution in [1.82, 2.24) is 9.80 Å². The van der Waals surface area contributed by atoms with Gasteiger partial charge in [-0.25, -0.2) is 0 Å². The van der Waals surface area contributed by atoms with Crippen molar-refractivity contribution in [2.45, 2.75) is 200 Å². The van der Waals surface area contributed by atoms with Gasteiger partial charge >= 0.3 is 0 Å². The lowest BCUT2D eigenvalue weighted by molar-refractivity contribution is -0.207. The number of hydrogen-bond acceptors (Lipinski definition) is 4. The summed E-state index contributed by atoms with van der Waals surface area (Å²) in [6.07, 6.45) is 16.5. The van der Waals surface area contributed by atoms with Crippen molar-refractivity contribution in [2.24, 2.45) is 5.41 Å². The number of ether oxygens (including phenoxy) is 1. The summed E-state index contributed by atoms with van der Waals surface area (Å²) in [5, 5.41) is 11.4. The van der Waals surface area contributed by atoms with Crippen LogP contribution in [0.2, 0.25) is 0 Å². The van der Waals surface area contributed by atoms with Crippen LogP contribution in [0.5, 0.6) is 0 Å². The molecule has 1 atom stereocenters. The number of hydrogen-bond donors (Lipinski definition) is 1. The Kier molecular flexibility index (Phi) is 13.7. The fraction of sp³-hybridized carbons (Fsp3) is 0.972. The first kappa shape index (κ1) is 36.5. The quantitative estimate of drug-likeness (QED) is 0.297. The molecule has 0 aromatic rings. The van der Waals surface area contributed by atoms with E-state index in [4.69, 9.17) is 4.74 Å². The van der Waals surface area contributed by atoms with Crippen molar-refractivity contribution >= 4 is 5.91 Å². The monoisotopic (exact) mass is 579 g/mol. The summed E-state index contributed by atoms with van der Waals surface area (Å²) in [5.74, 6) is 0.122. The molecule has 0 saturated carbocycles. The van der Waals surface area contributed by atoms with E-state index >= 15 is 0 Å². The van der Waals surface area contributed by atoms with Crippen LogP contribution in [0.3, 0.4) is 0 Å². The second-order valence-electron chi connectivity index (χ2n) is 15.7. The van der Waals surface area contributed by atoms with E-state index in [1.807, 2.05) is 4.90 Å². The third-order valence-electron chi connectivity index (χ3n) is 11.2. The normalized spacial score (nSPS) is 24.6. The molecular formula is C36H70N2O3. The summed E-state index contributed by atoms with van der Waals surface area (Å²) in [4.78, 5) is 19.7. The van der Waals surface area contributed by atoms with Crippen LogP contribution >= 0.6 is 0 Å². The van der Waals surface area contributed by atoms with Crippen molar-refractivity contribution in [1.29, 1.82) is 0 Å². The van der Waals surface area contributed by atoms with Gasteiger partial charge in [-0.15, -0.1) is 0 Å². The summed E-state index contributed by atoms with van der Waals surface area (Å²) < 4.78 is 6.91. The van der Waals surface area contributed by atoms with E-state index in [0.717, 1.165) is 51.4 Å². The zero-order valence-electron chi connectivity index (χ0n) is 29.2. The number of likely N-dealkylation sites (tertiary alicyclic amines) is 1. The first-order chi connectivity index (χ1) is 19.1. The van der Waals surface area contributed by atoms with Crippen molar-refractivity contribution in [3.05, 3.63) is 0 Å². The largest absolute Gasteiger partial charge is 0.391 e. The van der Waals surface area contributed by atoms with Crippen molar-refractivity contribution in [2.75, 3.05) is 19.7 Å². The van der Waals surface area contributed by atoms with Gasteiger partial charge in [0.05, 0.1) is 6.10 Å². The van der Waals surface area contributed by atoms with Crippen molar-refractivity contribution < 1.29 is 14.6 Å². The number of β-amino-alcohol motifs (C(OH)–C–C–N with tert-alkyl or cyclic N) is 1. The summed E-state index contributed by atoms with van der Waals surface area (Å²) in [6, 6.07) is 0. The van der Waals surface area contributed by atoms with Crippen LogP contribution in [0.25, 0.3) is 0 Å². The number of piperidine rings is 1. The molecule has 2 saturated heterocycles. The maximum atomic E-state index is 14.9. The van der Waals surface area contributed by atoms with Crippen LogP contribution < -0.4 is 0 Å². The van der Waals surface area contributed by atoms with Crippen LogP contribution in [0, 0.1) is 5.41 Å². The predicted molar refractivity (Wildman–Crippen MR) is 174 cm³/mol. The Balaban J connectivity index is 2.50. The maximum Gasteiger partial charge on any atom is 0.255 e. The second kappa shape index (κ2) is 15.4.